The normalized spacial score (nSPS) is 11.2. The minimum Gasteiger partial charge on any atom is -0.493 e. The Morgan fingerprint density at radius 1 is 1.00 bits per heavy atom. The van der Waals surface area contributed by atoms with Crippen molar-refractivity contribution >= 4 is 5.96 Å². The van der Waals surface area contributed by atoms with Crippen molar-refractivity contribution in [1.29, 1.82) is 0 Å². The van der Waals surface area contributed by atoms with E-state index in [0.717, 1.165) is 29.3 Å². The summed E-state index contributed by atoms with van der Waals surface area (Å²) in [5, 5.41) is 10.9. The molecule has 29 heavy (non-hydrogen) atoms. The summed E-state index contributed by atoms with van der Waals surface area (Å²) < 4.78 is 12.5. The van der Waals surface area contributed by atoms with Crippen LogP contribution in [-0.2, 0) is 13.1 Å². The van der Waals surface area contributed by atoms with Crippen molar-refractivity contribution in [2.45, 2.75) is 20.0 Å². The van der Waals surface area contributed by atoms with Crippen LogP contribution >= 0.6 is 0 Å². The second kappa shape index (κ2) is 10.2. The number of nitrogens with zero attached hydrogens (tertiary/aromatic N) is 3. The molecule has 0 spiro atoms. The molecule has 0 atom stereocenters. The first-order chi connectivity index (χ1) is 14.2. The Bertz CT molecular complexity index is 921. The monoisotopic (exact) mass is 393 g/mol. The quantitative estimate of drug-likeness (QED) is 0.454. The van der Waals surface area contributed by atoms with Gasteiger partial charge in [-0.15, -0.1) is 0 Å². The van der Waals surface area contributed by atoms with E-state index in [1.165, 1.54) is 0 Å². The van der Waals surface area contributed by atoms with Crippen LogP contribution in [0.5, 0.6) is 11.5 Å². The van der Waals surface area contributed by atoms with Crippen molar-refractivity contribution in [3.05, 3.63) is 72.1 Å². The predicted molar refractivity (Wildman–Crippen MR) is 115 cm³/mol. The van der Waals surface area contributed by atoms with Crippen LogP contribution in [0.15, 0.2) is 65.9 Å². The molecule has 3 rings (SSSR count). The molecule has 7 heteroatoms. The lowest BCUT2D eigenvalue weighted by Crippen LogP contribution is -2.36. The topological polar surface area (TPSA) is 72.7 Å². The molecule has 0 fully saturated rings. The van der Waals surface area contributed by atoms with E-state index in [4.69, 9.17) is 9.47 Å². The van der Waals surface area contributed by atoms with Crippen LogP contribution in [0.3, 0.4) is 0 Å². The Labute approximate surface area is 171 Å². The average Bonchev–Trinajstić information content (AvgIpc) is 3.30. The van der Waals surface area contributed by atoms with Crippen molar-refractivity contribution in [1.82, 2.24) is 20.4 Å². The Balaban J connectivity index is 1.62. The van der Waals surface area contributed by atoms with Crippen molar-refractivity contribution in [3.63, 3.8) is 0 Å². The van der Waals surface area contributed by atoms with Gasteiger partial charge in [0, 0.05) is 25.5 Å². The molecular formula is C22H27N5O2. The summed E-state index contributed by atoms with van der Waals surface area (Å²) in [5.74, 6) is 2.18. The maximum absolute atomic E-state index is 5.36. The Hall–Kier alpha value is -3.48. The van der Waals surface area contributed by atoms with Crippen LogP contribution in [0.4, 0.5) is 0 Å². The molecule has 0 aliphatic rings. The van der Waals surface area contributed by atoms with E-state index in [1.807, 2.05) is 42.1 Å². The minimum atomic E-state index is 0.536. The van der Waals surface area contributed by atoms with Gasteiger partial charge < -0.3 is 20.1 Å². The van der Waals surface area contributed by atoms with Crippen LogP contribution < -0.4 is 20.1 Å². The average molecular weight is 393 g/mol. The van der Waals surface area contributed by atoms with Crippen molar-refractivity contribution in [2.75, 3.05) is 20.8 Å². The standard InChI is InChI=1S/C22H27N5O2/c1-4-23-22(25-16-18-8-11-20(28-2)21(14-18)29-3)24-15-17-6-9-19(10-7-17)27-13-5-12-26-27/h5-14H,4,15-16H2,1-3H3,(H2,23,24,25). The second-order valence-corrected chi connectivity index (χ2v) is 6.36. The molecule has 0 saturated heterocycles. The van der Waals surface area contributed by atoms with Gasteiger partial charge in [0.1, 0.15) is 0 Å². The molecule has 2 aromatic carbocycles. The third-order valence-corrected chi connectivity index (χ3v) is 4.38. The zero-order chi connectivity index (χ0) is 20.5. The van der Waals surface area contributed by atoms with Gasteiger partial charge in [0.25, 0.3) is 0 Å². The van der Waals surface area contributed by atoms with Gasteiger partial charge in [-0.1, -0.05) is 18.2 Å². The summed E-state index contributed by atoms with van der Waals surface area (Å²) in [5.41, 5.74) is 3.24. The van der Waals surface area contributed by atoms with Gasteiger partial charge in [0.2, 0.25) is 0 Å². The molecule has 7 nitrogen and oxygen atoms in total. The molecular weight excluding hydrogens is 366 g/mol. The van der Waals surface area contributed by atoms with Crippen molar-refractivity contribution in [2.24, 2.45) is 4.99 Å². The van der Waals surface area contributed by atoms with Crippen molar-refractivity contribution < 1.29 is 9.47 Å². The maximum atomic E-state index is 5.36. The van der Waals surface area contributed by atoms with Crippen LogP contribution in [0.25, 0.3) is 5.69 Å². The predicted octanol–water partition coefficient (Wildman–Crippen LogP) is 3.14. The lowest BCUT2D eigenvalue weighted by atomic mass is 10.2. The van der Waals surface area contributed by atoms with E-state index in [2.05, 4.69) is 45.0 Å². The van der Waals surface area contributed by atoms with E-state index in [9.17, 15) is 0 Å². The highest BCUT2D eigenvalue weighted by atomic mass is 16.5. The number of aromatic nitrogens is 2. The van der Waals surface area contributed by atoms with Gasteiger partial charge in [-0.2, -0.15) is 5.10 Å². The number of nitrogens with one attached hydrogen (secondary N) is 2. The summed E-state index contributed by atoms with van der Waals surface area (Å²) in [4.78, 5) is 4.67. The number of aliphatic imine (C=N–C) groups is 1. The van der Waals surface area contributed by atoms with Gasteiger partial charge in [0.05, 0.1) is 26.5 Å². The van der Waals surface area contributed by atoms with Crippen molar-refractivity contribution in [3.8, 4) is 17.2 Å². The number of benzene rings is 2. The lowest BCUT2D eigenvalue weighted by molar-refractivity contribution is 0.354. The van der Waals surface area contributed by atoms with Crippen LogP contribution in [0, 0.1) is 0 Å². The summed E-state index contributed by atoms with van der Waals surface area (Å²) in [6.07, 6.45) is 3.70. The summed E-state index contributed by atoms with van der Waals surface area (Å²) >= 11 is 0. The van der Waals surface area contributed by atoms with E-state index in [-0.39, 0.29) is 0 Å². The largest absolute Gasteiger partial charge is 0.493 e. The smallest absolute Gasteiger partial charge is 0.191 e. The third-order valence-electron chi connectivity index (χ3n) is 4.38. The van der Waals surface area contributed by atoms with Gasteiger partial charge in [0.15, 0.2) is 17.5 Å². The van der Waals surface area contributed by atoms with Crippen LogP contribution in [0.1, 0.15) is 18.1 Å². The zero-order valence-corrected chi connectivity index (χ0v) is 17.1. The van der Waals surface area contributed by atoms with E-state index < -0.39 is 0 Å². The Morgan fingerprint density at radius 2 is 1.76 bits per heavy atom. The molecule has 0 radical (unpaired) electrons. The number of hydrogen-bond acceptors (Lipinski definition) is 4. The molecule has 152 valence electrons. The molecule has 3 aromatic rings. The molecule has 0 bridgehead atoms. The first-order valence-electron chi connectivity index (χ1n) is 9.55. The van der Waals surface area contributed by atoms with E-state index in [1.54, 1.807) is 20.4 Å². The van der Waals surface area contributed by atoms with Gasteiger partial charge in [-0.3, -0.25) is 0 Å². The van der Waals surface area contributed by atoms with Crippen LogP contribution in [0.2, 0.25) is 0 Å². The summed E-state index contributed by atoms with van der Waals surface area (Å²) in [6.45, 7) is 4.05. The number of rotatable bonds is 8. The fraction of sp³-hybridized carbons (Fsp3) is 0.273. The molecule has 2 N–H and O–H groups in total. The molecule has 0 aliphatic heterocycles. The first kappa shape index (κ1) is 20.3. The highest BCUT2D eigenvalue weighted by Crippen LogP contribution is 2.27. The highest BCUT2D eigenvalue weighted by molar-refractivity contribution is 5.79. The SMILES string of the molecule is CCNC(=NCc1ccc(OC)c(OC)c1)NCc1ccc(-n2cccn2)cc1. The third kappa shape index (κ3) is 5.51. The Morgan fingerprint density at radius 3 is 2.41 bits per heavy atom. The van der Waals surface area contributed by atoms with Gasteiger partial charge in [-0.25, -0.2) is 9.67 Å². The molecule has 1 heterocycles. The number of methoxy groups -OCH3 is 2. The maximum Gasteiger partial charge on any atom is 0.191 e. The van der Waals surface area contributed by atoms with Gasteiger partial charge >= 0.3 is 0 Å². The first-order valence-corrected chi connectivity index (χ1v) is 9.55. The number of ether oxygens (including phenoxy) is 2. The van der Waals surface area contributed by atoms with Crippen LogP contribution in [-0.4, -0.2) is 36.5 Å². The number of hydrogen-bond donors (Lipinski definition) is 2. The molecule has 1 aromatic heterocycles. The fourth-order valence-corrected chi connectivity index (χ4v) is 2.86. The Kier molecular flexibility index (Phi) is 7.10. The number of guanidine groups is 1. The summed E-state index contributed by atoms with van der Waals surface area (Å²) in [6, 6.07) is 16.0. The molecule has 0 unspecified atom stereocenters. The van der Waals surface area contributed by atoms with E-state index in [0.29, 0.717) is 24.6 Å². The molecule has 0 aliphatic carbocycles. The molecule has 0 saturated carbocycles. The summed E-state index contributed by atoms with van der Waals surface area (Å²) in [7, 11) is 3.26. The lowest BCUT2D eigenvalue weighted by Gasteiger charge is -2.12. The fourth-order valence-electron chi connectivity index (χ4n) is 2.86. The van der Waals surface area contributed by atoms with Gasteiger partial charge in [-0.05, 0) is 48.4 Å². The second-order valence-electron chi connectivity index (χ2n) is 6.36. The minimum absolute atomic E-state index is 0.536. The zero-order valence-electron chi connectivity index (χ0n) is 17.1. The highest BCUT2D eigenvalue weighted by Gasteiger charge is 2.05. The van der Waals surface area contributed by atoms with E-state index >= 15 is 0 Å². The molecule has 0 amide bonds.